The Kier molecular flexibility index (Phi) is 5.35. The van der Waals surface area contributed by atoms with E-state index in [-0.39, 0.29) is 5.91 Å². The van der Waals surface area contributed by atoms with E-state index in [0.717, 1.165) is 55.2 Å². The highest BCUT2D eigenvalue weighted by molar-refractivity contribution is 5.93. The van der Waals surface area contributed by atoms with Gasteiger partial charge in [0.15, 0.2) is 0 Å². The van der Waals surface area contributed by atoms with Gasteiger partial charge in [0.2, 0.25) is 5.91 Å². The molecule has 5 heteroatoms. The summed E-state index contributed by atoms with van der Waals surface area (Å²) in [5, 5.41) is 3.08. The number of ether oxygens (including phenoxy) is 1. The molecule has 2 fully saturated rings. The van der Waals surface area contributed by atoms with Crippen molar-refractivity contribution in [2.45, 2.75) is 24.9 Å². The Balaban J connectivity index is 1.29. The molecule has 3 aromatic rings. The zero-order valence-corrected chi connectivity index (χ0v) is 17.5. The second-order valence-corrected chi connectivity index (χ2v) is 8.26. The van der Waals surface area contributed by atoms with Gasteiger partial charge in [-0.15, -0.1) is 0 Å². The Labute approximate surface area is 183 Å². The third-order valence-corrected chi connectivity index (χ3v) is 6.43. The van der Waals surface area contributed by atoms with Gasteiger partial charge < -0.3 is 15.0 Å². The summed E-state index contributed by atoms with van der Waals surface area (Å²) in [5.74, 6) is 1.89. The maximum absolute atomic E-state index is 12.9. The fourth-order valence-corrected chi connectivity index (χ4v) is 4.70. The normalized spacial score (nSPS) is 18.2. The van der Waals surface area contributed by atoms with Crippen molar-refractivity contribution >= 4 is 11.6 Å². The van der Waals surface area contributed by atoms with Crippen LogP contribution in [0.3, 0.4) is 0 Å². The van der Waals surface area contributed by atoms with E-state index in [2.05, 4.69) is 39.4 Å². The lowest BCUT2D eigenvalue weighted by molar-refractivity contribution is -0.125. The topological polar surface area (TPSA) is 44.8 Å². The number of benzene rings is 3. The predicted octanol–water partition coefficient (Wildman–Crippen LogP) is 4.41. The Morgan fingerprint density at radius 1 is 0.839 bits per heavy atom. The molecule has 0 atom stereocenters. The van der Waals surface area contributed by atoms with E-state index >= 15 is 0 Å². The molecule has 0 saturated carbocycles. The molecule has 2 aliphatic rings. The number of hydrogen-bond donors (Lipinski definition) is 1. The van der Waals surface area contributed by atoms with Crippen molar-refractivity contribution in [3.8, 4) is 11.5 Å². The van der Waals surface area contributed by atoms with Crippen LogP contribution in [0.2, 0.25) is 0 Å². The number of nitrogens with zero attached hydrogens (tertiary/aromatic N) is 2. The number of carbonyl (C=O) groups is 1. The fourth-order valence-electron chi connectivity index (χ4n) is 4.70. The molecule has 0 unspecified atom stereocenters. The Morgan fingerprint density at radius 2 is 1.48 bits per heavy atom. The molecule has 31 heavy (non-hydrogen) atoms. The SMILES string of the molecule is O=C1NCN(c2ccccc2)C12CCN(Cc1ccccc1Oc1ccccc1)CC2. The monoisotopic (exact) mass is 413 g/mol. The molecule has 5 rings (SSSR count). The predicted molar refractivity (Wildman–Crippen MR) is 122 cm³/mol. The first kappa shape index (κ1) is 19.6. The first-order valence-corrected chi connectivity index (χ1v) is 10.9. The van der Waals surface area contributed by atoms with Gasteiger partial charge in [-0.1, -0.05) is 54.6 Å². The summed E-state index contributed by atoms with van der Waals surface area (Å²) in [5.41, 5.74) is 1.83. The highest BCUT2D eigenvalue weighted by Gasteiger charge is 2.50. The average Bonchev–Trinajstić information content (AvgIpc) is 3.13. The van der Waals surface area contributed by atoms with Gasteiger partial charge in [-0.3, -0.25) is 9.69 Å². The summed E-state index contributed by atoms with van der Waals surface area (Å²) in [6, 6.07) is 28.4. The number of piperidine rings is 1. The number of para-hydroxylation sites is 3. The molecule has 1 N–H and O–H groups in total. The molecule has 5 nitrogen and oxygen atoms in total. The summed E-state index contributed by atoms with van der Waals surface area (Å²) in [4.78, 5) is 17.5. The van der Waals surface area contributed by atoms with Crippen LogP contribution in [-0.2, 0) is 11.3 Å². The van der Waals surface area contributed by atoms with Crippen molar-refractivity contribution in [2.24, 2.45) is 0 Å². The average molecular weight is 414 g/mol. The van der Waals surface area contributed by atoms with Gasteiger partial charge >= 0.3 is 0 Å². The number of rotatable bonds is 5. The van der Waals surface area contributed by atoms with E-state index in [1.807, 2.05) is 60.7 Å². The number of hydrogen-bond acceptors (Lipinski definition) is 4. The van der Waals surface area contributed by atoms with Gasteiger partial charge in [0.25, 0.3) is 0 Å². The molecule has 1 amide bonds. The minimum absolute atomic E-state index is 0.156. The van der Waals surface area contributed by atoms with Gasteiger partial charge in [0.1, 0.15) is 17.0 Å². The van der Waals surface area contributed by atoms with E-state index in [1.165, 1.54) is 0 Å². The number of anilines is 1. The van der Waals surface area contributed by atoms with Crippen molar-refractivity contribution in [3.63, 3.8) is 0 Å². The summed E-state index contributed by atoms with van der Waals surface area (Å²) in [7, 11) is 0. The van der Waals surface area contributed by atoms with Crippen molar-refractivity contribution in [1.82, 2.24) is 10.2 Å². The van der Waals surface area contributed by atoms with E-state index in [1.54, 1.807) is 0 Å². The lowest BCUT2D eigenvalue weighted by Crippen LogP contribution is -2.56. The molecule has 0 aliphatic carbocycles. The molecule has 3 aromatic carbocycles. The van der Waals surface area contributed by atoms with Crippen LogP contribution in [0.4, 0.5) is 5.69 Å². The Morgan fingerprint density at radius 3 is 2.23 bits per heavy atom. The van der Waals surface area contributed by atoms with E-state index in [0.29, 0.717) is 6.67 Å². The number of amides is 1. The van der Waals surface area contributed by atoms with Gasteiger partial charge in [0.05, 0.1) is 6.67 Å². The van der Waals surface area contributed by atoms with E-state index in [4.69, 9.17) is 4.74 Å². The third kappa shape index (κ3) is 3.89. The number of nitrogens with one attached hydrogen (secondary N) is 1. The second-order valence-electron chi connectivity index (χ2n) is 8.26. The van der Waals surface area contributed by atoms with Gasteiger partial charge in [-0.05, 0) is 43.2 Å². The van der Waals surface area contributed by atoms with Crippen LogP contribution in [0.5, 0.6) is 11.5 Å². The molecule has 1 spiro atoms. The van der Waals surface area contributed by atoms with Gasteiger partial charge in [0, 0.05) is 30.9 Å². The highest BCUT2D eigenvalue weighted by Crippen LogP contribution is 2.37. The zero-order chi connectivity index (χ0) is 21.1. The quantitative estimate of drug-likeness (QED) is 0.673. The minimum Gasteiger partial charge on any atom is -0.457 e. The highest BCUT2D eigenvalue weighted by atomic mass is 16.5. The van der Waals surface area contributed by atoms with Crippen LogP contribution < -0.4 is 15.0 Å². The summed E-state index contributed by atoms with van der Waals surface area (Å²) >= 11 is 0. The molecule has 0 radical (unpaired) electrons. The zero-order valence-electron chi connectivity index (χ0n) is 17.5. The first-order chi connectivity index (χ1) is 15.2. The second kappa shape index (κ2) is 8.44. The summed E-state index contributed by atoms with van der Waals surface area (Å²) < 4.78 is 6.14. The third-order valence-electron chi connectivity index (χ3n) is 6.43. The maximum atomic E-state index is 12.9. The molecule has 0 bridgehead atoms. The lowest BCUT2D eigenvalue weighted by atomic mass is 9.85. The molecule has 2 aliphatic heterocycles. The van der Waals surface area contributed by atoms with Crippen molar-refractivity contribution in [3.05, 3.63) is 90.5 Å². The number of carbonyl (C=O) groups excluding carboxylic acids is 1. The van der Waals surface area contributed by atoms with E-state index < -0.39 is 5.54 Å². The van der Waals surface area contributed by atoms with Crippen molar-refractivity contribution in [2.75, 3.05) is 24.7 Å². The number of likely N-dealkylation sites (tertiary alicyclic amines) is 1. The van der Waals surface area contributed by atoms with Crippen molar-refractivity contribution < 1.29 is 9.53 Å². The molecular weight excluding hydrogens is 386 g/mol. The molecule has 2 saturated heterocycles. The molecular formula is C26H27N3O2. The Hall–Kier alpha value is -3.31. The summed E-state index contributed by atoms with van der Waals surface area (Å²) in [6.07, 6.45) is 1.63. The smallest absolute Gasteiger partial charge is 0.247 e. The van der Waals surface area contributed by atoms with Gasteiger partial charge in [-0.2, -0.15) is 0 Å². The van der Waals surface area contributed by atoms with Crippen molar-refractivity contribution in [1.29, 1.82) is 0 Å². The van der Waals surface area contributed by atoms with Crippen LogP contribution in [-0.4, -0.2) is 36.1 Å². The van der Waals surface area contributed by atoms with E-state index in [9.17, 15) is 4.79 Å². The molecule has 0 aromatic heterocycles. The lowest BCUT2D eigenvalue weighted by Gasteiger charge is -2.43. The fraction of sp³-hybridized carbons (Fsp3) is 0.269. The summed E-state index contributed by atoms with van der Waals surface area (Å²) in [6.45, 7) is 3.13. The largest absolute Gasteiger partial charge is 0.457 e. The van der Waals surface area contributed by atoms with Crippen LogP contribution in [0.15, 0.2) is 84.9 Å². The minimum atomic E-state index is -0.447. The first-order valence-electron chi connectivity index (χ1n) is 10.9. The molecule has 158 valence electrons. The van der Waals surface area contributed by atoms with Crippen LogP contribution in [0.1, 0.15) is 18.4 Å². The Bertz CT molecular complexity index is 1030. The van der Waals surface area contributed by atoms with Crippen LogP contribution in [0, 0.1) is 0 Å². The van der Waals surface area contributed by atoms with Crippen LogP contribution in [0.25, 0.3) is 0 Å². The van der Waals surface area contributed by atoms with Crippen LogP contribution >= 0.6 is 0 Å². The van der Waals surface area contributed by atoms with Gasteiger partial charge in [-0.25, -0.2) is 0 Å². The standard InChI is InChI=1S/C26H27N3O2/c30-25-26(29(20-27-25)22-10-3-1-4-11-22)15-17-28(18-16-26)19-21-9-7-8-14-24(21)31-23-12-5-2-6-13-23/h1-14H,15-20H2,(H,27,30). The molecule has 2 heterocycles. The maximum Gasteiger partial charge on any atom is 0.247 e.